The monoisotopic (exact) mass is 328 g/mol. The molecule has 1 aromatic rings. The molecule has 0 aliphatic carbocycles. The first-order valence-corrected chi connectivity index (χ1v) is 7.61. The second-order valence-corrected chi connectivity index (χ2v) is 5.48. The van der Waals surface area contributed by atoms with Gasteiger partial charge in [0.15, 0.2) is 0 Å². The predicted octanol–water partition coefficient (Wildman–Crippen LogP) is 1.78. The molecule has 5 nitrogen and oxygen atoms in total. The molecule has 0 saturated carbocycles. The number of benzene rings is 1. The first-order valence-electron chi connectivity index (χ1n) is 7.61. The standard InChI is InChI=1S/C16H22F2N2O3/c1-22-7-8-23-14-4-2-3-12(9-14)16(21)19-13-5-6-20(10-13)11-15(17)18/h2-4,9,13,15H,5-8,10-11H2,1H3,(H,19,21)/t13-/m1/s1. The molecule has 128 valence electrons. The number of amides is 1. The molecular weight excluding hydrogens is 306 g/mol. The molecule has 1 aromatic carbocycles. The number of hydrogen-bond acceptors (Lipinski definition) is 4. The minimum Gasteiger partial charge on any atom is -0.491 e. The highest BCUT2D eigenvalue weighted by atomic mass is 19.3. The van der Waals surface area contributed by atoms with Crippen LogP contribution >= 0.6 is 0 Å². The van der Waals surface area contributed by atoms with Crippen molar-refractivity contribution >= 4 is 5.91 Å². The van der Waals surface area contributed by atoms with Crippen molar-refractivity contribution in [1.82, 2.24) is 10.2 Å². The van der Waals surface area contributed by atoms with E-state index in [-0.39, 0.29) is 18.5 Å². The smallest absolute Gasteiger partial charge is 0.251 e. The number of nitrogens with zero attached hydrogens (tertiary/aromatic N) is 1. The van der Waals surface area contributed by atoms with Gasteiger partial charge in [0.2, 0.25) is 0 Å². The van der Waals surface area contributed by atoms with Crippen LogP contribution in [-0.2, 0) is 4.74 Å². The van der Waals surface area contributed by atoms with Crippen LogP contribution in [0.4, 0.5) is 8.78 Å². The van der Waals surface area contributed by atoms with Crippen molar-refractivity contribution in [3.8, 4) is 5.75 Å². The Morgan fingerprint density at radius 3 is 3.00 bits per heavy atom. The molecule has 0 radical (unpaired) electrons. The van der Waals surface area contributed by atoms with Crippen LogP contribution in [0.5, 0.6) is 5.75 Å². The van der Waals surface area contributed by atoms with Gasteiger partial charge >= 0.3 is 0 Å². The first kappa shape index (κ1) is 17.6. The highest BCUT2D eigenvalue weighted by Crippen LogP contribution is 2.15. The molecule has 0 spiro atoms. The summed E-state index contributed by atoms with van der Waals surface area (Å²) in [6, 6.07) is 6.78. The van der Waals surface area contributed by atoms with E-state index in [0.29, 0.717) is 44.0 Å². The van der Waals surface area contributed by atoms with Gasteiger partial charge in [0.05, 0.1) is 13.2 Å². The Kier molecular flexibility index (Phi) is 6.73. The zero-order valence-electron chi connectivity index (χ0n) is 13.1. The summed E-state index contributed by atoms with van der Waals surface area (Å²) in [6.45, 7) is 1.68. The number of carbonyl (C=O) groups is 1. The molecule has 1 aliphatic rings. The van der Waals surface area contributed by atoms with Crippen LogP contribution in [0.15, 0.2) is 24.3 Å². The minimum atomic E-state index is -2.34. The van der Waals surface area contributed by atoms with Crippen molar-refractivity contribution in [3.05, 3.63) is 29.8 Å². The second kappa shape index (κ2) is 8.79. The fraction of sp³-hybridized carbons (Fsp3) is 0.562. The molecule has 1 atom stereocenters. The van der Waals surface area contributed by atoms with Gasteiger partial charge in [-0.15, -0.1) is 0 Å². The molecule has 1 aliphatic heterocycles. The van der Waals surface area contributed by atoms with E-state index in [4.69, 9.17) is 9.47 Å². The van der Waals surface area contributed by atoms with Gasteiger partial charge in [0.1, 0.15) is 12.4 Å². The summed E-state index contributed by atoms with van der Waals surface area (Å²) >= 11 is 0. The van der Waals surface area contributed by atoms with Crippen molar-refractivity contribution in [2.24, 2.45) is 0 Å². The summed E-state index contributed by atoms with van der Waals surface area (Å²) < 4.78 is 35.1. The molecule has 1 heterocycles. The Balaban J connectivity index is 1.85. The van der Waals surface area contributed by atoms with E-state index in [0.717, 1.165) is 0 Å². The van der Waals surface area contributed by atoms with Crippen LogP contribution in [0.25, 0.3) is 0 Å². The van der Waals surface area contributed by atoms with Crippen LogP contribution in [0, 0.1) is 0 Å². The maximum Gasteiger partial charge on any atom is 0.251 e. The Morgan fingerprint density at radius 1 is 1.43 bits per heavy atom. The largest absolute Gasteiger partial charge is 0.491 e. The van der Waals surface area contributed by atoms with Crippen LogP contribution < -0.4 is 10.1 Å². The third kappa shape index (κ3) is 5.76. The third-order valence-electron chi connectivity index (χ3n) is 3.66. The van der Waals surface area contributed by atoms with Crippen LogP contribution in [0.1, 0.15) is 16.8 Å². The van der Waals surface area contributed by atoms with E-state index in [2.05, 4.69) is 5.32 Å². The molecule has 0 bridgehead atoms. The first-order chi connectivity index (χ1) is 11.1. The zero-order valence-corrected chi connectivity index (χ0v) is 13.1. The zero-order chi connectivity index (χ0) is 16.7. The number of ether oxygens (including phenoxy) is 2. The van der Waals surface area contributed by atoms with Crippen LogP contribution in [-0.4, -0.2) is 63.2 Å². The van der Waals surface area contributed by atoms with E-state index in [1.54, 1.807) is 36.3 Å². The van der Waals surface area contributed by atoms with Crippen molar-refractivity contribution in [1.29, 1.82) is 0 Å². The molecule has 1 saturated heterocycles. The van der Waals surface area contributed by atoms with Gasteiger partial charge in [-0.05, 0) is 24.6 Å². The SMILES string of the molecule is COCCOc1cccc(C(=O)N[C@@H]2CCN(CC(F)F)C2)c1. The summed E-state index contributed by atoms with van der Waals surface area (Å²) in [6.07, 6.45) is -1.66. The van der Waals surface area contributed by atoms with E-state index >= 15 is 0 Å². The highest BCUT2D eigenvalue weighted by molar-refractivity contribution is 5.94. The lowest BCUT2D eigenvalue weighted by molar-refractivity contribution is 0.0917. The number of likely N-dealkylation sites (tertiary alicyclic amines) is 1. The molecule has 0 unspecified atom stereocenters. The van der Waals surface area contributed by atoms with E-state index in [1.165, 1.54) is 0 Å². The lowest BCUT2D eigenvalue weighted by atomic mass is 10.1. The van der Waals surface area contributed by atoms with E-state index < -0.39 is 6.43 Å². The maximum absolute atomic E-state index is 12.4. The Bertz CT molecular complexity index is 514. The molecule has 1 amide bonds. The van der Waals surface area contributed by atoms with Gasteiger partial charge in [-0.3, -0.25) is 9.69 Å². The fourth-order valence-corrected chi connectivity index (χ4v) is 2.55. The number of alkyl halides is 2. The maximum atomic E-state index is 12.4. The molecular formula is C16H22F2N2O3. The Hall–Kier alpha value is -1.73. The summed E-state index contributed by atoms with van der Waals surface area (Å²) in [5.41, 5.74) is 0.493. The second-order valence-electron chi connectivity index (χ2n) is 5.48. The fourth-order valence-electron chi connectivity index (χ4n) is 2.55. The number of rotatable bonds is 8. The summed E-state index contributed by atoms with van der Waals surface area (Å²) in [4.78, 5) is 13.9. The quantitative estimate of drug-likeness (QED) is 0.739. The Labute approximate surface area is 134 Å². The van der Waals surface area contributed by atoms with Crippen LogP contribution in [0.3, 0.4) is 0 Å². The summed E-state index contributed by atoms with van der Waals surface area (Å²) in [5, 5.41) is 2.89. The average molecular weight is 328 g/mol. The number of hydrogen-bond donors (Lipinski definition) is 1. The average Bonchev–Trinajstić information content (AvgIpc) is 2.94. The number of nitrogens with one attached hydrogen (secondary N) is 1. The minimum absolute atomic E-state index is 0.0979. The van der Waals surface area contributed by atoms with Gasteiger partial charge in [-0.25, -0.2) is 8.78 Å². The molecule has 7 heteroatoms. The number of methoxy groups -OCH3 is 1. The number of halogens is 2. The molecule has 1 N–H and O–H groups in total. The molecule has 0 aromatic heterocycles. The van der Waals surface area contributed by atoms with Gasteiger partial charge in [-0.1, -0.05) is 6.07 Å². The van der Waals surface area contributed by atoms with E-state index in [1.807, 2.05) is 0 Å². The summed E-state index contributed by atoms with van der Waals surface area (Å²) in [7, 11) is 1.59. The normalized spacial score (nSPS) is 18.3. The third-order valence-corrected chi connectivity index (χ3v) is 3.66. The van der Waals surface area contributed by atoms with Crippen molar-refractivity contribution in [2.75, 3.05) is 40.0 Å². The van der Waals surface area contributed by atoms with Gasteiger partial charge < -0.3 is 14.8 Å². The lowest BCUT2D eigenvalue weighted by Crippen LogP contribution is -2.37. The molecule has 1 fully saturated rings. The topological polar surface area (TPSA) is 50.8 Å². The highest BCUT2D eigenvalue weighted by Gasteiger charge is 2.26. The number of carbonyl (C=O) groups excluding carboxylic acids is 1. The van der Waals surface area contributed by atoms with Gasteiger partial charge in [0, 0.05) is 31.8 Å². The Morgan fingerprint density at radius 2 is 2.26 bits per heavy atom. The van der Waals surface area contributed by atoms with Crippen molar-refractivity contribution in [3.63, 3.8) is 0 Å². The van der Waals surface area contributed by atoms with Gasteiger partial charge in [0.25, 0.3) is 12.3 Å². The predicted molar refractivity (Wildman–Crippen MR) is 82.1 cm³/mol. The van der Waals surface area contributed by atoms with E-state index in [9.17, 15) is 13.6 Å². The molecule has 2 rings (SSSR count). The van der Waals surface area contributed by atoms with Gasteiger partial charge in [-0.2, -0.15) is 0 Å². The lowest BCUT2D eigenvalue weighted by Gasteiger charge is -2.16. The van der Waals surface area contributed by atoms with Crippen molar-refractivity contribution < 1.29 is 23.0 Å². The van der Waals surface area contributed by atoms with Crippen LogP contribution in [0.2, 0.25) is 0 Å². The summed E-state index contributed by atoms with van der Waals surface area (Å²) in [5.74, 6) is 0.381. The molecule has 23 heavy (non-hydrogen) atoms. The van der Waals surface area contributed by atoms with Crippen molar-refractivity contribution in [2.45, 2.75) is 18.9 Å².